The van der Waals surface area contributed by atoms with Gasteiger partial charge in [0.05, 0.1) is 31.3 Å². The minimum absolute atomic E-state index is 0.0439. The Labute approximate surface area is 215 Å². The Hall–Kier alpha value is -2.52. The summed E-state index contributed by atoms with van der Waals surface area (Å²) in [6, 6.07) is 9.69. The molecular weight excluding hydrogens is 458 g/mol. The van der Waals surface area contributed by atoms with Crippen LogP contribution in [0.15, 0.2) is 54.1 Å². The molecule has 2 rings (SSSR count). The molecule has 1 aliphatic rings. The van der Waals surface area contributed by atoms with Gasteiger partial charge in [0, 0.05) is 37.7 Å². The molecule has 2 amide bonds. The lowest BCUT2D eigenvalue weighted by atomic mass is 9.64. The van der Waals surface area contributed by atoms with Crippen LogP contribution in [-0.4, -0.2) is 79.0 Å². The number of aliphatic hydroxyl groups excluding tert-OH is 2. The average molecular weight is 502 g/mol. The van der Waals surface area contributed by atoms with Crippen molar-refractivity contribution in [2.75, 3.05) is 46.0 Å². The second-order valence-electron chi connectivity index (χ2n) is 9.33. The summed E-state index contributed by atoms with van der Waals surface area (Å²) in [5, 5.41) is 23.3. The van der Waals surface area contributed by atoms with E-state index in [0.717, 1.165) is 18.4 Å². The summed E-state index contributed by atoms with van der Waals surface area (Å²) in [6.07, 6.45) is 6.62. The molecule has 8 nitrogen and oxygen atoms in total. The third kappa shape index (κ3) is 8.27. The number of benzene rings is 1. The molecule has 1 unspecified atom stereocenters. The van der Waals surface area contributed by atoms with E-state index >= 15 is 0 Å². The van der Waals surface area contributed by atoms with Crippen LogP contribution in [-0.2, 0) is 20.7 Å². The number of rotatable bonds is 17. The van der Waals surface area contributed by atoms with Gasteiger partial charge in [-0.2, -0.15) is 0 Å². The molecule has 200 valence electrons. The standard InChI is InChI=1S/C28H43N3O5/c1-3-14-31(15-4-2)26(34)23-11-8-12-28(20-23,27(29)35)24(19-22-9-6-5-7-10-22)25(33)21-30-13-17-36-18-16-32/h5-12,24-25,30,32-33H,3-4,13-21H2,1-2H3,(H2,29,35)/t24-,25+,28?/m1/s1. The predicted molar refractivity (Wildman–Crippen MR) is 141 cm³/mol. The molecule has 0 bridgehead atoms. The Morgan fingerprint density at radius 2 is 1.86 bits per heavy atom. The van der Waals surface area contributed by atoms with Gasteiger partial charge in [-0.1, -0.05) is 62.4 Å². The van der Waals surface area contributed by atoms with E-state index in [-0.39, 0.29) is 32.1 Å². The van der Waals surface area contributed by atoms with Crippen LogP contribution in [0.2, 0.25) is 0 Å². The van der Waals surface area contributed by atoms with Crippen molar-refractivity contribution in [2.24, 2.45) is 17.1 Å². The summed E-state index contributed by atoms with van der Waals surface area (Å²) in [5.74, 6) is -1.19. The SMILES string of the molecule is CCCN(CCC)C(=O)C1=CC=CC(C(N)=O)([C@H](Cc2ccccc2)[C@@H](O)CNCCOCCO)C1. The van der Waals surface area contributed by atoms with Crippen molar-refractivity contribution in [1.29, 1.82) is 0 Å². The number of carbonyl (C=O) groups is 2. The first-order valence-corrected chi connectivity index (χ1v) is 13.0. The maximum Gasteiger partial charge on any atom is 0.249 e. The second-order valence-corrected chi connectivity index (χ2v) is 9.33. The van der Waals surface area contributed by atoms with E-state index in [1.54, 1.807) is 18.2 Å². The second kappa shape index (κ2) is 15.6. The van der Waals surface area contributed by atoms with Gasteiger partial charge in [0.15, 0.2) is 0 Å². The quantitative estimate of drug-likeness (QED) is 0.241. The van der Waals surface area contributed by atoms with E-state index in [2.05, 4.69) is 5.32 Å². The van der Waals surface area contributed by atoms with Gasteiger partial charge < -0.3 is 30.9 Å². The van der Waals surface area contributed by atoms with E-state index in [4.69, 9.17) is 15.6 Å². The first kappa shape index (κ1) is 29.7. The monoisotopic (exact) mass is 501 g/mol. The number of nitrogens with two attached hydrogens (primary N) is 1. The maximum absolute atomic E-state index is 13.4. The zero-order chi connectivity index (χ0) is 26.4. The van der Waals surface area contributed by atoms with Crippen molar-refractivity contribution < 1.29 is 24.5 Å². The maximum atomic E-state index is 13.4. The Balaban J connectivity index is 2.30. The first-order chi connectivity index (χ1) is 17.4. The molecule has 3 atom stereocenters. The van der Waals surface area contributed by atoms with Gasteiger partial charge in [0.1, 0.15) is 0 Å². The molecule has 0 heterocycles. The summed E-state index contributed by atoms with van der Waals surface area (Å²) in [4.78, 5) is 28.3. The first-order valence-electron chi connectivity index (χ1n) is 13.0. The number of hydrogen-bond donors (Lipinski definition) is 4. The lowest BCUT2D eigenvalue weighted by molar-refractivity contribution is -0.132. The zero-order valence-electron chi connectivity index (χ0n) is 21.7. The summed E-state index contributed by atoms with van der Waals surface area (Å²) in [6.45, 7) is 6.69. The van der Waals surface area contributed by atoms with Gasteiger partial charge in [0.2, 0.25) is 11.8 Å². The van der Waals surface area contributed by atoms with Crippen molar-refractivity contribution in [1.82, 2.24) is 10.2 Å². The topological polar surface area (TPSA) is 125 Å². The Bertz CT molecular complexity index is 867. The van der Waals surface area contributed by atoms with Crippen molar-refractivity contribution in [3.05, 3.63) is 59.7 Å². The highest BCUT2D eigenvalue weighted by atomic mass is 16.5. The third-order valence-electron chi connectivity index (χ3n) is 6.62. The van der Waals surface area contributed by atoms with Crippen LogP contribution in [0.5, 0.6) is 0 Å². The molecule has 0 saturated carbocycles. The molecule has 1 aromatic rings. The number of nitrogens with zero attached hydrogens (tertiary/aromatic N) is 1. The van der Waals surface area contributed by atoms with Gasteiger partial charge in [0.25, 0.3) is 0 Å². The normalized spacial score (nSPS) is 18.9. The summed E-state index contributed by atoms with van der Waals surface area (Å²) < 4.78 is 5.27. The van der Waals surface area contributed by atoms with E-state index in [1.165, 1.54) is 0 Å². The molecule has 0 radical (unpaired) electrons. The van der Waals surface area contributed by atoms with Crippen molar-refractivity contribution in [2.45, 2.75) is 45.6 Å². The Morgan fingerprint density at radius 3 is 2.47 bits per heavy atom. The van der Waals surface area contributed by atoms with Crippen molar-refractivity contribution in [3.8, 4) is 0 Å². The zero-order valence-corrected chi connectivity index (χ0v) is 21.7. The third-order valence-corrected chi connectivity index (χ3v) is 6.62. The number of amides is 2. The number of allylic oxidation sites excluding steroid dienone is 2. The number of ether oxygens (including phenoxy) is 1. The predicted octanol–water partition coefficient (Wildman–Crippen LogP) is 1.81. The highest BCUT2D eigenvalue weighted by Gasteiger charge is 2.47. The fourth-order valence-electron chi connectivity index (χ4n) is 4.81. The number of aliphatic hydroxyl groups is 2. The van der Waals surface area contributed by atoms with E-state index in [1.807, 2.05) is 49.1 Å². The molecule has 36 heavy (non-hydrogen) atoms. The van der Waals surface area contributed by atoms with Crippen LogP contribution in [0.4, 0.5) is 0 Å². The van der Waals surface area contributed by atoms with Crippen LogP contribution >= 0.6 is 0 Å². The molecule has 0 saturated heterocycles. The molecule has 0 spiro atoms. The summed E-state index contributed by atoms with van der Waals surface area (Å²) >= 11 is 0. The van der Waals surface area contributed by atoms with E-state index in [9.17, 15) is 14.7 Å². The Kier molecular flexibility index (Phi) is 12.8. The van der Waals surface area contributed by atoms with Crippen LogP contribution in [0.25, 0.3) is 0 Å². The fourth-order valence-corrected chi connectivity index (χ4v) is 4.81. The number of nitrogens with one attached hydrogen (secondary N) is 1. The fraction of sp³-hybridized carbons (Fsp3) is 0.571. The smallest absolute Gasteiger partial charge is 0.249 e. The minimum atomic E-state index is -1.21. The van der Waals surface area contributed by atoms with Crippen LogP contribution in [0, 0.1) is 11.3 Å². The average Bonchev–Trinajstić information content (AvgIpc) is 2.89. The van der Waals surface area contributed by atoms with E-state index < -0.39 is 23.3 Å². The molecular formula is C28H43N3O5. The molecule has 5 N–H and O–H groups in total. The summed E-state index contributed by atoms with van der Waals surface area (Å²) in [5.41, 5.74) is 6.34. The molecule has 0 fully saturated rings. The molecule has 8 heteroatoms. The lowest BCUT2D eigenvalue weighted by Crippen LogP contribution is -2.51. The van der Waals surface area contributed by atoms with Gasteiger partial charge in [-0.05, 0) is 31.2 Å². The van der Waals surface area contributed by atoms with Crippen LogP contribution in [0.3, 0.4) is 0 Å². The van der Waals surface area contributed by atoms with Crippen LogP contribution < -0.4 is 11.1 Å². The number of primary amides is 1. The largest absolute Gasteiger partial charge is 0.394 e. The molecule has 0 aliphatic heterocycles. The van der Waals surface area contributed by atoms with Crippen molar-refractivity contribution >= 4 is 11.8 Å². The van der Waals surface area contributed by atoms with Gasteiger partial charge in [-0.15, -0.1) is 0 Å². The van der Waals surface area contributed by atoms with E-state index in [0.29, 0.717) is 38.2 Å². The highest BCUT2D eigenvalue weighted by molar-refractivity contribution is 5.96. The number of hydrogen-bond acceptors (Lipinski definition) is 6. The molecule has 0 aromatic heterocycles. The lowest BCUT2D eigenvalue weighted by Gasteiger charge is -2.41. The Morgan fingerprint density at radius 1 is 1.17 bits per heavy atom. The molecule has 1 aromatic carbocycles. The van der Waals surface area contributed by atoms with Gasteiger partial charge >= 0.3 is 0 Å². The highest BCUT2D eigenvalue weighted by Crippen LogP contribution is 2.42. The van der Waals surface area contributed by atoms with Crippen molar-refractivity contribution in [3.63, 3.8) is 0 Å². The summed E-state index contributed by atoms with van der Waals surface area (Å²) in [7, 11) is 0. The van der Waals surface area contributed by atoms with Gasteiger partial charge in [-0.25, -0.2) is 0 Å². The van der Waals surface area contributed by atoms with Crippen LogP contribution in [0.1, 0.15) is 38.7 Å². The minimum Gasteiger partial charge on any atom is -0.394 e. The van der Waals surface area contributed by atoms with Gasteiger partial charge in [-0.3, -0.25) is 9.59 Å². The number of carbonyl (C=O) groups excluding carboxylic acids is 2. The molecule has 1 aliphatic carbocycles.